The van der Waals surface area contributed by atoms with E-state index >= 15 is 0 Å². The number of aromatic hydroxyl groups is 2. The van der Waals surface area contributed by atoms with E-state index in [1.165, 1.54) is 6.20 Å². The van der Waals surface area contributed by atoms with Crippen LogP contribution >= 0.6 is 0 Å². The Morgan fingerprint density at radius 3 is 2.57 bits per heavy atom. The number of methoxy groups -OCH3 is 1. The molecule has 0 aliphatic heterocycles. The molecule has 2 rings (SSSR count). The number of hydrogen-bond acceptors (Lipinski definition) is 9. The molecule has 28 heavy (non-hydrogen) atoms. The lowest BCUT2D eigenvalue weighted by Crippen LogP contribution is -2.33. The first-order chi connectivity index (χ1) is 13.1. The lowest BCUT2D eigenvalue weighted by atomic mass is 10.1. The van der Waals surface area contributed by atoms with Crippen molar-refractivity contribution in [3.63, 3.8) is 0 Å². The molecule has 0 bridgehead atoms. The number of carbonyl (C=O) groups excluding carboxylic acids is 2. The van der Waals surface area contributed by atoms with E-state index in [0.29, 0.717) is 13.0 Å². The van der Waals surface area contributed by atoms with Gasteiger partial charge in [0.1, 0.15) is 11.3 Å². The molecule has 0 aliphatic carbocycles. The zero-order valence-corrected chi connectivity index (χ0v) is 16.0. The van der Waals surface area contributed by atoms with Crippen LogP contribution in [0.4, 0.5) is 4.79 Å². The number of aromatic nitrogens is 3. The van der Waals surface area contributed by atoms with Crippen molar-refractivity contribution in [2.24, 2.45) is 0 Å². The molecule has 1 amide bonds. The maximum Gasteiger partial charge on any atom is 0.407 e. The van der Waals surface area contributed by atoms with Crippen LogP contribution in [0.15, 0.2) is 18.3 Å². The predicted octanol–water partition coefficient (Wildman–Crippen LogP) is 1.80. The summed E-state index contributed by atoms with van der Waals surface area (Å²) in [5.74, 6) is -2.51. The van der Waals surface area contributed by atoms with Crippen molar-refractivity contribution in [3.8, 4) is 23.1 Å². The van der Waals surface area contributed by atoms with E-state index in [-0.39, 0.29) is 11.5 Å². The molecule has 10 heteroatoms. The molecule has 2 heterocycles. The number of hydrogen-bond donors (Lipinski definition) is 3. The number of carbonyl (C=O) groups is 2. The van der Waals surface area contributed by atoms with Crippen LogP contribution in [0.3, 0.4) is 0 Å². The predicted molar refractivity (Wildman–Crippen MR) is 97.9 cm³/mol. The first-order valence-corrected chi connectivity index (χ1v) is 8.41. The molecule has 0 aromatic carbocycles. The highest BCUT2D eigenvalue weighted by atomic mass is 16.6. The van der Waals surface area contributed by atoms with E-state index in [4.69, 9.17) is 4.74 Å². The second kappa shape index (κ2) is 8.51. The lowest BCUT2D eigenvalue weighted by molar-refractivity contribution is 0.0527. The van der Waals surface area contributed by atoms with E-state index in [0.717, 1.165) is 12.7 Å². The van der Waals surface area contributed by atoms with Gasteiger partial charge in [-0.25, -0.2) is 14.6 Å². The summed E-state index contributed by atoms with van der Waals surface area (Å²) in [7, 11) is 1.12. The van der Waals surface area contributed by atoms with Gasteiger partial charge in [-0.15, -0.1) is 0 Å². The van der Waals surface area contributed by atoms with Crippen molar-refractivity contribution in [2.75, 3.05) is 13.7 Å². The summed E-state index contributed by atoms with van der Waals surface area (Å²) >= 11 is 0. The van der Waals surface area contributed by atoms with Crippen LogP contribution in [0.2, 0.25) is 0 Å². The highest BCUT2D eigenvalue weighted by Gasteiger charge is 2.21. The molecule has 2 aromatic heterocycles. The van der Waals surface area contributed by atoms with Gasteiger partial charge in [0.15, 0.2) is 11.5 Å². The van der Waals surface area contributed by atoms with Gasteiger partial charge in [0.25, 0.3) is 5.88 Å². The number of nitrogens with zero attached hydrogens (tertiary/aromatic N) is 3. The molecule has 0 fully saturated rings. The molecule has 10 nitrogen and oxygen atoms in total. The Hall–Kier alpha value is -3.43. The summed E-state index contributed by atoms with van der Waals surface area (Å²) in [4.78, 5) is 35.1. The van der Waals surface area contributed by atoms with Gasteiger partial charge in [0.05, 0.1) is 7.11 Å². The van der Waals surface area contributed by atoms with Crippen molar-refractivity contribution in [1.82, 2.24) is 20.3 Å². The van der Waals surface area contributed by atoms with Crippen LogP contribution in [-0.4, -0.2) is 56.5 Å². The summed E-state index contributed by atoms with van der Waals surface area (Å²) in [5.41, 5.74) is 0.0274. The highest BCUT2D eigenvalue weighted by Crippen LogP contribution is 2.28. The average molecular weight is 390 g/mol. The third-order valence-corrected chi connectivity index (χ3v) is 3.38. The molecule has 0 saturated heterocycles. The molecule has 2 aromatic rings. The Balaban J connectivity index is 2.14. The summed E-state index contributed by atoms with van der Waals surface area (Å²) in [6, 6.07) is 3.38. The van der Waals surface area contributed by atoms with Crippen molar-refractivity contribution in [2.45, 2.75) is 32.8 Å². The molecular weight excluding hydrogens is 368 g/mol. The first-order valence-electron chi connectivity index (χ1n) is 8.41. The number of rotatable bonds is 5. The molecule has 0 atom stereocenters. The Labute approximate surface area is 161 Å². The van der Waals surface area contributed by atoms with E-state index in [9.17, 15) is 19.8 Å². The molecule has 0 unspecified atom stereocenters. The second-order valence-electron chi connectivity index (χ2n) is 6.79. The van der Waals surface area contributed by atoms with Gasteiger partial charge in [-0.05, 0) is 44.9 Å². The summed E-state index contributed by atoms with van der Waals surface area (Å²) < 4.78 is 9.69. The number of alkyl carbamates (subject to hydrolysis) is 1. The normalized spacial score (nSPS) is 11.0. The van der Waals surface area contributed by atoms with Gasteiger partial charge < -0.3 is 25.0 Å². The van der Waals surface area contributed by atoms with E-state index in [1.54, 1.807) is 32.9 Å². The Bertz CT molecular complexity index is 879. The Morgan fingerprint density at radius 1 is 1.21 bits per heavy atom. The van der Waals surface area contributed by atoms with E-state index in [1.807, 2.05) is 0 Å². The van der Waals surface area contributed by atoms with Crippen LogP contribution in [0.1, 0.15) is 36.8 Å². The minimum Gasteiger partial charge on any atom is -0.501 e. The monoisotopic (exact) mass is 390 g/mol. The lowest BCUT2D eigenvalue weighted by Gasteiger charge is -2.19. The quantitative estimate of drug-likeness (QED) is 0.651. The molecule has 3 N–H and O–H groups in total. The second-order valence-corrected chi connectivity index (χ2v) is 6.79. The minimum atomic E-state index is -0.922. The number of esters is 1. The van der Waals surface area contributed by atoms with Crippen molar-refractivity contribution in [3.05, 3.63) is 29.6 Å². The van der Waals surface area contributed by atoms with E-state index in [2.05, 4.69) is 25.0 Å². The molecule has 0 radical (unpaired) electrons. The summed E-state index contributed by atoms with van der Waals surface area (Å²) in [5, 5.41) is 22.1. The zero-order valence-electron chi connectivity index (χ0n) is 16.0. The van der Waals surface area contributed by atoms with Crippen LogP contribution in [0, 0.1) is 0 Å². The fourth-order valence-electron chi connectivity index (χ4n) is 2.17. The minimum absolute atomic E-state index is 0.0577. The molecular formula is C18H22N4O6. The third kappa shape index (κ3) is 5.53. The number of pyridine rings is 1. The smallest absolute Gasteiger partial charge is 0.407 e. The van der Waals surface area contributed by atoms with Crippen molar-refractivity contribution >= 4 is 12.1 Å². The highest BCUT2D eigenvalue weighted by molar-refractivity contribution is 5.91. The average Bonchev–Trinajstić information content (AvgIpc) is 2.62. The Morgan fingerprint density at radius 2 is 1.93 bits per heavy atom. The van der Waals surface area contributed by atoms with Crippen molar-refractivity contribution < 1.29 is 29.3 Å². The molecule has 0 saturated carbocycles. The van der Waals surface area contributed by atoms with E-state index < -0.39 is 35.0 Å². The number of nitrogens with one attached hydrogen (secondary N) is 1. The SMILES string of the molecule is COC(=O)c1nc(-c2cc(CCNC(=O)OC(C)(C)C)ccn2)nc(O)c1O. The van der Waals surface area contributed by atoms with Gasteiger partial charge in [-0.1, -0.05) is 0 Å². The summed E-state index contributed by atoms with van der Waals surface area (Å²) in [6.07, 6.45) is 1.46. The van der Waals surface area contributed by atoms with Gasteiger partial charge in [0, 0.05) is 12.7 Å². The fraction of sp³-hybridized carbons (Fsp3) is 0.389. The maximum atomic E-state index is 11.7. The standard InChI is InChI=1S/C18H22N4O6/c1-18(2,3)28-17(26)20-8-6-10-5-7-19-11(9-10)14-21-12(16(25)27-4)13(23)15(24)22-14/h5,7,9,23H,6,8H2,1-4H3,(H,20,26)(H,21,22,24). The molecule has 150 valence electrons. The summed E-state index contributed by atoms with van der Waals surface area (Å²) in [6.45, 7) is 5.65. The number of ether oxygens (including phenoxy) is 2. The molecule has 0 spiro atoms. The Kier molecular flexibility index (Phi) is 6.34. The van der Waals surface area contributed by atoms with Gasteiger partial charge >= 0.3 is 12.1 Å². The van der Waals surface area contributed by atoms with Crippen molar-refractivity contribution in [1.29, 1.82) is 0 Å². The van der Waals surface area contributed by atoms with Crippen LogP contribution < -0.4 is 5.32 Å². The molecule has 0 aliphatic rings. The first kappa shape index (κ1) is 20.9. The van der Waals surface area contributed by atoms with Crippen LogP contribution in [-0.2, 0) is 15.9 Å². The van der Waals surface area contributed by atoms with Gasteiger partial charge in [0.2, 0.25) is 5.75 Å². The maximum absolute atomic E-state index is 11.7. The fourth-order valence-corrected chi connectivity index (χ4v) is 2.17. The number of amides is 1. The van der Waals surface area contributed by atoms with Gasteiger partial charge in [-0.3, -0.25) is 4.98 Å². The zero-order chi connectivity index (χ0) is 20.9. The largest absolute Gasteiger partial charge is 0.501 e. The van der Waals surface area contributed by atoms with Crippen LogP contribution in [0.5, 0.6) is 11.6 Å². The third-order valence-electron chi connectivity index (χ3n) is 3.38. The topological polar surface area (TPSA) is 144 Å². The van der Waals surface area contributed by atoms with Gasteiger partial charge in [-0.2, -0.15) is 4.98 Å². The van der Waals surface area contributed by atoms with Crippen LogP contribution in [0.25, 0.3) is 11.5 Å².